The number of hydrogen-bond acceptors (Lipinski definition) is 4. The molecule has 1 heterocycles. The number of likely N-dealkylation sites (N-methyl/N-ethyl adjacent to an activating group) is 1. The highest BCUT2D eigenvalue weighted by molar-refractivity contribution is 4.76. The number of aliphatic hydroxyl groups is 1. The molecule has 1 fully saturated rings. The molecule has 1 aliphatic heterocycles. The molecule has 1 saturated heterocycles. The molecule has 4 nitrogen and oxygen atoms in total. The van der Waals surface area contributed by atoms with Crippen molar-refractivity contribution in [1.82, 2.24) is 15.1 Å². The van der Waals surface area contributed by atoms with E-state index in [0.717, 1.165) is 26.2 Å². The summed E-state index contributed by atoms with van der Waals surface area (Å²) in [5, 5.41) is 12.5. The zero-order valence-corrected chi connectivity index (χ0v) is 10.8. The lowest BCUT2D eigenvalue weighted by Crippen LogP contribution is -2.51. The SMILES string of the molecule is CCCN1CCN(CC(CO)NCC)CC1. The van der Waals surface area contributed by atoms with Gasteiger partial charge in [-0.1, -0.05) is 13.8 Å². The largest absolute Gasteiger partial charge is 0.395 e. The topological polar surface area (TPSA) is 38.7 Å². The molecule has 1 rings (SSSR count). The number of piperazine rings is 1. The third kappa shape index (κ3) is 4.78. The Labute approximate surface area is 99.6 Å². The van der Waals surface area contributed by atoms with Crippen LogP contribution < -0.4 is 5.32 Å². The van der Waals surface area contributed by atoms with Gasteiger partial charge in [-0.15, -0.1) is 0 Å². The third-order valence-electron chi connectivity index (χ3n) is 3.20. The molecule has 0 aromatic rings. The normalized spacial score (nSPS) is 21.2. The first-order chi connectivity index (χ1) is 7.80. The van der Waals surface area contributed by atoms with Gasteiger partial charge in [-0.2, -0.15) is 0 Å². The summed E-state index contributed by atoms with van der Waals surface area (Å²) in [6, 6.07) is 0.239. The Morgan fingerprint density at radius 1 is 1.12 bits per heavy atom. The molecular weight excluding hydrogens is 202 g/mol. The molecule has 0 amide bonds. The minimum atomic E-state index is 0.239. The van der Waals surface area contributed by atoms with Crippen LogP contribution in [0, 0.1) is 0 Å². The van der Waals surface area contributed by atoms with E-state index in [1.165, 1.54) is 26.1 Å². The summed E-state index contributed by atoms with van der Waals surface area (Å²) in [6.07, 6.45) is 1.25. The van der Waals surface area contributed by atoms with E-state index < -0.39 is 0 Å². The van der Waals surface area contributed by atoms with Crippen LogP contribution in [0.4, 0.5) is 0 Å². The fourth-order valence-corrected chi connectivity index (χ4v) is 2.30. The molecule has 1 atom stereocenters. The van der Waals surface area contributed by atoms with Gasteiger partial charge in [0.2, 0.25) is 0 Å². The Hall–Kier alpha value is -0.160. The van der Waals surface area contributed by atoms with Crippen LogP contribution in [-0.2, 0) is 0 Å². The number of rotatable bonds is 7. The number of aliphatic hydroxyl groups excluding tert-OH is 1. The van der Waals surface area contributed by atoms with Crippen molar-refractivity contribution in [2.24, 2.45) is 0 Å². The molecule has 0 aromatic carbocycles. The first-order valence-corrected chi connectivity index (χ1v) is 6.59. The average Bonchev–Trinajstić information content (AvgIpc) is 2.31. The number of nitrogens with zero attached hydrogens (tertiary/aromatic N) is 2. The van der Waals surface area contributed by atoms with Crippen molar-refractivity contribution in [3.63, 3.8) is 0 Å². The molecule has 1 unspecified atom stereocenters. The number of nitrogens with one attached hydrogen (secondary N) is 1. The van der Waals surface area contributed by atoms with Crippen molar-refractivity contribution in [2.75, 3.05) is 52.4 Å². The van der Waals surface area contributed by atoms with Crippen molar-refractivity contribution in [1.29, 1.82) is 0 Å². The summed E-state index contributed by atoms with van der Waals surface area (Å²) in [4.78, 5) is 4.98. The molecule has 0 spiro atoms. The fourth-order valence-electron chi connectivity index (χ4n) is 2.30. The Balaban J connectivity index is 2.20. The zero-order valence-electron chi connectivity index (χ0n) is 10.8. The minimum Gasteiger partial charge on any atom is -0.395 e. The van der Waals surface area contributed by atoms with Crippen LogP contribution in [0.1, 0.15) is 20.3 Å². The van der Waals surface area contributed by atoms with Gasteiger partial charge in [0, 0.05) is 38.8 Å². The molecule has 16 heavy (non-hydrogen) atoms. The third-order valence-corrected chi connectivity index (χ3v) is 3.20. The molecule has 0 aliphatic carbocycles. The van der Waals surface area contributed by atoms with Gasteiger partial charge in [-0.25, -0.2) is 0 Å². The number of hydrogen-bond donors (Lipinski definition) is 2. The van der Waals surface area contributed by atoms with E-state index in [4.69, 9.17) is 0 Å². The fraction of sp³-hybridized carbons (Fsp3) is 1.00. The van der Waals surface area contributed by atoms with E-state index in [2.05, 4.69) is 29.0 Å². The molecular formula is C12H27N3O. The summed E-state index contributed by atoms with van der Waals surface area (Å²) in [6.45, 7) is 12.3. The van der Waals surface area contributed by atoms with Crippen molar-refractivity contribution >= 4 is 0 Å². The standard InChI is InChI=1S/C12H27N3O/c1-3-5-14-6-8-15(9-7-14)10-12(11-16)13-4-2/h12-13,16H,3-11H2,1-2H3. The summed E-state index contributed by atoms with van der Waals surface area (Å²) in [5.74, 6) is 0. The van der Waals surface area contributed by atoms with Gasteiger partial charge in [0.15, 0.2) is 0 Å². The van der Waals surface area contributed by atoms with E-state index in [-0.39, 0.29) is 12.6 Å². The van der Waals surface area contributed by atoms with Gasteiger partial charge in [0.25, 0.3) is 0 Å². The van der Waals surface area contributed by atoms with E-state index >= 15 is 0 Å². The van der Waals surface area contributed by atoms with Crippen LogP contribution in [0.15, 0.2) is 0 Å². The Bertz CT molecular complexity index is 170. The maximum absolute atomic E-state index is 9.22. The van der Waals surface area contributed by atoms with Crippen LogP contribution >= 0.6 is 0 Å². The summed E-state index contributed by atoms with van der Waals surface area (Å²) >= 11 is 0. The Morgan fingerprint density at radius 3 is 2.25 bits per heavy atom. The van der Waals surface area contributed by atoms with E-state index in [9.17, 15) is 5.11 Å². The summed E-state index contributed by atoms with van der Waals surface area (Å²) in [5.41, 5.74) is 0. The molecule has 0 saturated carbocycles. The predicted octanol–water partition coefficient (Wildman–Crippen LogP) is -0.0156. The second-order valence-corrected chi connectivity index (χ2v) is 4.58. The minimum absolute atomic E-state index is 0.239. The first kappa shape index (κ1) is 13.9. The van der Waals surface area contributed by atoms with Crippen LogP contribution in [0.5, 0.6) is 0 Å². The summed E-state index contributed by atoms with van der Waals surface area (Å²) < 4.78 is 0. The maximum atomic E-state index is 9.22. The monoisotopic (exact) mass is 229 g/mol. The second kappa shape index (κ2) is 8.01. The van der Waals surface area contributed by atoms with Crippen molar-refractivity contribution < 1.29 is 5.11 Å². The summed E-state index contributed by atoms with van der Waals surface area (Å²) in [7, 11) is 0. The van der Waals surface area contributed by atoms with Gasteiger partial charge in [-0.3, -0.25) is 4.90 Å². The van der Waals surface area contributed by atoms with E-state index in [0.29, 0.717) is 0 Å². The zero-order chi connectivity index (χ0) is 11.8. The highest BCUT2D eigenvalue weighted by atomic mass is 16.3. The van der Waals surface area contributed by atoms with Crippen LogP contribution in [0.2, 0.25) is 0 Å². The van der Waals surface area contributed by atoms with Gasteiger partial charge in [-0.05, 0) is 19.5 Å². The molecule has 96 valence electrons. The smallest absolute Gasteiger partial charge is 0.0597 e. The average molecular weight is 229 g/mol. The lowest BCUT2D eigenvalue weighted by atomic mass is 10.2. The highest BCUT2D eigenvalue weighted by Gasteiger charge is 2.18. The van der Waals surface area contributed by atoms with Crippen LogP contribution in [-0.4, -0.2) is 73.4 Å². The molecule has 4 heteroatoms. The van der Waals surface area contributed by atoms with Gasteiger partial charge >= 0.3 is 0 Å². The van der Waals surface area contributed by atoms with Gasteiger partial charge < -0.3 is 15.3 Å². The lowest BCUT2D eigenvalue weighted by Gasteiger charge is -2.36. The molecule has 2 N–H and O–H groups in total. The Kier molecular flexibility index (Phi) is 6.96. The van der Waals surface area contributed by atoms with Crippen molar-refractivity contribution in [3.05, 3.63) is 0 Å². The highest BCUT2D eigenvalue weighted by Crippen LogP contribution is 2.03. The lowest BCUT2D eigenvalue weighted by molar-refractivity contribution is 0.110. The Morgan fingerprint density at radius 2 is 1.75 bits per heavy atom. The van der Waals surface area contributed by atoms with E-state index in [1.807, 2.05) is 0 Å². The predicted molar refractivity (Wildman–Crippen MR) is 67.7 cm³/mol. The molecule has 0 bridgehead atoms. The van der Waals surface area contributed by atoms with Crippen molar-refractivity contribution in [3.8, 4) is 0 Å². The molecule has 1 aliphatic rings. The van der Waals surface area contributed by atoms with Gasteiger partial charge in [0.1, 0.15) is 0 Å². The van der Waals surface area contributed by atoms with Crippen molar-refractivity contribution in [2.45, 2.75) is 26.3 Å². The van der Waals surface area contributed by atoms with Crippen LogP contribution in [0.25, 0.3) is 0 Å². The maximum Gasteiger partial charge on any atom is 0.0597 e. The quantitative estimate of drug-likeness (QED) is 0.644. The second-order valence-electron chi connectivity index (χ2n) is 4.58. The molecule has 0 aromatic heterocycles. The first-order valence-electron chi connectivity index (χ1n) is 6.59. The van der Waals surface area contributed by atoms with E-state index in [1.54, 1.807) is 0 Å². The van der Waals surface area contributed by atoms with Gasteiger partial charge in [0.05, 0.1) is 6.61 Å². The molecule has 0 radical (unpaired) electrons. The van der Waals surface area contributed by atoms with Crippen LogP contribution in [0.3, 0.4) is 0 Å².